The highest BCUT2D eigenvalue weighted by Crippen LogP contribution is 2.46. The van der Waals surface area contributed by atoms with Gasteiger partial charge in [0.1, 0.15) is 24.1 Å². The summed E-state index contributed by atoms with van der Waals surface area (Å²) in [7, 11) is 0. The standard InChI is InChI=1S/C44H58FN7O9/c1-8-44(59)27-18-32-37-25(20-52(32)39(55)26(27)21-60-41(44)57)35-29(15-14-24-23(4)28(45)19-31(49-37)34(24)35)48-33(53)13-11-17-51(42(58)61-43(5,6)7)40(56)30(12-9-10-16-46)50-38(54)36(47)22(2)3/h18-19,22,29-30,36,59H,8-17,20-21,46-47H2,1-7H3,(H,48,53)(H,50,54)/t29-,30-,36-,44-/m0/s1. The van der Waals surface area contributed by atoms with Crippen LogP contribution in [0.2, 0.25) is 0 Å². The number of carbonyl (C=O) groups is 5. The molecular weight excluding hydrogens is 790 g/mol. The van der Waals surface area contributed by atoms with Crippen LogP contribution in [-0.4, -0.2) is 80.1 Å². The SMILES string of the molecule is CC[C@@]1(O)C(=O)OCc2c1cc1n(c2=O)Cc2c-1nc1cc(F)c(C)c3c1c2[C@@H](NC(=O)CCCN(C(=O)OC(C)(C)C)C(=O)[C@H](CCCCN)NC(=O)[C@@H](N)C(C)C)CC3. The summed E-state index contributed by atoms with van der Waals surface area (Å²) in [6.45, 7) is 11.8. The number of cyclic esters (lactones) is 1. The molecule has 0 bridgehead atoms. The van der Waals surface area contributed by atoms with Crippen LogP contribution in [0.4, 0.5) is 9.18 Å². The predicted octanol–water partition coefficient (Wildman–Crippen LogP) is 3.77. The molecule has 4 amide bonds. The maximum Gasteiger partial charge on any atom is 0.417 e. The minimum Gasteiger partial charge on any atom is -0.458 e. The molecule has 0 radical (unpaired) electrons. The fourth-order valence-electron chi connectivity index (χ4n) is 8.48. The third kappa shape index (κ3) is 8.77. The number of halogens is 1. The maximum absolute atomic E-state index is 15.4. The Balaban J connectivity index is 1.28. The Labute approximate surface area is 353 Å². The van der Waals surface area contributed by atoms with Gasteiger partial charge in [0.25, 0.3) is 11.5 Å². The molecule has 0 unspecified atom stereocenters. The van der Waals surface area contributed by atoms with E-state index in [1.165, 1.54) is 10.6 Å². The Hall–Kier alpha value is -5.26. The Bertz CT molecular complexity index is 2340. The summed E-state index contributed by atoms with van der Waals surface area (Å²) < 4.78 is 27.7. The number of amides is 4. The fourth-order valence-corrected chi connectivity index (χ4v) is 8.48. The highest BCUT2D eigenvalue weighted by Gasteiger charge is 2.46. The van der Waals surface area contributed by atoms with Crippen molar-refractivity contribution in [3.63, 3.8) is 0 Å². The van der Waals surface area contributed by atoms with Crippen molar-refractivity contribution in [1.82, 2.24) is 25.1 Å². The minimum atomic E-state index is -2.03. The smallest absolute Gasteiger partial charge is 0.417 e. The minimum absolute atomic E-state index is 0.0322. The van der Waals surface area contributed by atoms with Crippen molar-refractivity contribution >= 4 is 40.7 Å². The van der Waals surface area contributed by atoms with E-state index in [2.05, 4.69) is 10.6 Å². The summed E-state index contributed by atoms with van der Waals surface area (Å²) in [4.78, 5) is 87.1. The van der Waals surface area contributed by atoms with Gasteiger partial charge in [-0.25, -0.2) is 23.9 Å². The van der Waals surface area contributed by atoms with Crippen LogP contribution in [0.15, 0.2) is 16.9 Å². The first-order valence-corrected chi connectivity index (χ1v) is 21.1. The van der Waals surface area contributed by atoms with Crippen molar-refractivity contribution in [3.05, 3.63) is 61.7 Å². The number of rotatable bonds is 14. The van der Waals surface area contributed by atoms with Gasteiger partial charge in [0.15, 0.2) is 5.60 Å². The molecular formula is C44H58FN7O9. The molecule has 17 heteroatoms. The molecule has 330 valence electrons. The number of nitrogens with one attached hydrogen (secondary N) is 2. The zero-order valence-corrected chi connectivity index (χ0v) is 36.0. The average Bonchev–Trinajstić information content (AvgIpc) is 3.57. The lowest BCUT2D eigenvalue weighted by Gasteiger charge is -2.31. The van der Waals surface area contributed by atoms with Crippen LogP contribution in [0, 0.1) is 18.7 Å². The predicted molar refractivity (Wildman–Crippen MR) is 223 cm³/mol. The second-order valence-electron chi connectivity index (χ2n) is 17.7. The third-order valence-corrected chi connectivity index (χ3v) is 12.0. The van der Waals surface area contributed by atoms with Gasteiger partial charge >= 0.3 is 12.1 Å². The quantitative estimate of drug-likeness (QED) is 0.0901. The van der Waals surface area contributed by atoms with Crippen molar-refractivity contribution in [1.29, 1.82) is 0 Å². The number of carbonyl (C=O) groups excluding carboxylic acids is 5. The number of pyridine rings is 2. The average molecular weight is 848 g/mol. The lowest BCUT2D eigenvalue weighted by molar-refractivity contribution is -0.172. The number of ether oxygens (including phenoxy) is 2. The van der Waals surface area contributed by atoms with E-state index in [0.29, 0.717) is 71.2 Å². The Morgan fingerprint density at radius 1 is 1.13 bits per heavy atom. The number of hydrogen-bond acceptors (Lipinski definition) is 12. The highest BCUT2D eigenvalue weighted by atomic mass is 19.1. The highest BCUT2D eigenvalue weighted by molar-refractivity contribution is 5.98. The zero-order chi connectivity index (χ0) is 44.7. The van der Waals surface area contributed by atoms with E-state index < -0.39 is 64.6 Å². The van der Waals surface area contributed by atoms with Crippen LogP contribution in [0.3, 0.4) is 0 Å². The van der Waals surface area contributed by atoms with Gasteiger partial charge in [0.2, 0.25) is 11.8 Å². The van der Waals surface area contributed by atoms with Crippen molar-refractivity contribution < 1.29 is 42.9 Å². The van der Waals surface area contributed by atoms with E-state index in [1.807, 2.05) is 0 Å². The molecule has 4 heterocycles. The molecule has 0 fully saturated rings. The molecule has 3 aliphatic rings. The molecule has 2 aromatic heterocycles. The number of nitrogens with zero attached hydrogens (tertiary/aromatic N) is 3. The third-order valence-electron chi connectivity index (χ3n) is 12.0. The number of esters is 1. The van der Waals surface area contributed by atoms with E-state index in [9.17, 15) is 33.9 Å². The van der Waals surface area contributed by atoms with Crippen molar-refractivity contribution in [2.24, 2.45) is 17.4 Å². The molecule has 0 spiro atoms. The van der Waals surface area contributed by atoms with E-state index in [-0.39, 0.29) is 68.3 Å². The molecule has 2 aliphatic heterocycles. The van der Waals surface area contributed by atoms with Gasteiger partial charge in [-0.2, -0.15) is 0 Å². The van der Waals surface area contributed by atoms with Gasteiger partial charge in [0, 0.05) is 35.5 Å². The van der Waals surface area contributed by atoms with Gasteiger partial charge in [-0.15, -0.1) is 0 Å². The van der Waals surface area contributed by atoms with Crippen LogP contribution in [0.1, 0.15) is 126 Å². The lowest BCUT2D eigenvalue weighted by atomic mass is 9.81. The molecule has 0 saturated heterocycles. The summed E-state index contributed by atoms with van der Waals surface area (Å²) in [6.07, 6.45) is 1.11. The number of aromatic nitrogens is 2. The van der Waals surface area contributed by atoms with Crippen LogP contribution >= 0.6 is 0 Å². The summed E-state index contributed by atoms with van der Waals surface area (Å²) in [5, 5.41) is 17.9. The largest absolute Gasteiger partial charge is 0.458 e. The normalized spacial score (nSPS) is 18.8. The van der Waals surface area contributed by atoms with Crippen LogP contribution in [0.5, 0.6) is 0 Å². The Kier molecular flexibility index (Phi) is 13.1. The number of unbranched alkanes of at least 4 members (excludes halogenated alkanes) is 1. The van der Waals surface area contributed by atoms with Crippen molar-refractivity contribution in [2.75, 3.05) is 13.1 Å². The summed E-state index contributed by atoms with van der Waals surface area (Å²) >= 11 is 0. The van der Waals surface area contributed by atoms with Gasteiger partial charge in [-0.3, -0.25) is 19.2 Å². The number of aryl methyl sites for hydroxylation is 1. The van der Waals surface area contributed by atoms with E-state index in [0.717, 1.165) is 10.5 Å². The van der Waals surface area contributed by atoms with Crippen LogP contribution in [0.25, 0.3) is 22.3 Å². The van der Waals surface area contributed by atoms with E-state index in [4.69, 9.17) is 25.9 Å². The van der Waals surface area contributed by atoms with Gasteiger partial charge in [-0.1, -0.05) is 20.8 Å². The number of aliphatic hydroxyl groups is 1. The molecule has 61 heavy (non-hydrogen) atoms. The zero-order valence-electron chi connectivity index (χ0n) is 36.0. The molecule has 3 aromatic rings. The molecule has 1 aliphatic carbocycles. The molecule has 7 N–H and O–H groups in total. The Morgan fingerprint density at radius 2 is 1.85 bits per heavy atom. The second-order valence-corrected chi connectivity index (χ2v) is 17.7. The fraction of sp³-hybridized carbons (Fsp3) is 0.568. The summed E-state index contributed by atoms with van der Waals surface area (Å²) in [5.41, 5.74) is 12.3. The first kappa shape index (κ1) is 45.3. The molecule has 0 saturated carbocycles. The van der Waals surface area contributed by atoms with E-state index >= 15 is 4.39 Å². The van der Waals surface area contributed by atoms with Crippen molar-refractivity contribution in [2.45, 2.75) is 142 Å². The first-order valence-electron chi connectivity index (χ1n) is 21.1. The van der Waals surface area contributed by atoms with Crippen LogP contribution < -0.4 is 27.7 Å². The van der Waals surface area contributed by atoms with Gasteiger partial charge in [-0.05, 0) is 108 Å². The second kappa shape index (κ2) is 17.6. The molecule has 6 rings (SSSR count). The number of benzene rings is 1. The molecule has 16 nitrogen and oxygen atoms in total. The van der Waals surface area contributed by atoms with Crippen LogP contribution in [-0.2, 0) is 53.8 Å². The van der Waals surface area contributed by atoms with Crippen molar-refractivity contribution in [3.8, 4) is 11.4 Å². The maximum atomic E-state index is 15.4. The van der Waals surface area contributed by atoms with Gasteiger partial charge < -0.3 is 41.2 Å². The summed E-state index contributed by atoms with van der Waals surface area (Å²) in [6, 6.07) is 0.360. The first-order chi connectivity index (χ1) is 28.7. The Morgan fingerprint density at radius 3 is 2.51 bits per heavy atom. The number of nitrogens with two attached hydrogens (primary N) is 2. The van der Waals surface area contributed by atoms with Gasteiger partial charge in [0.05, 0.1) is 41.1 Å². The lowest BCUT2D eigenvalue weighted by Crippen LogP contribution is -2.55. The molecule has 1 aromatic carbocycles. The number of imide groups is 1. The topological polar surface area (TPSA) is 238 Å². The number of hydrogen-bond donors (Lipinski definition) is 5. The monoisotopic (exact) mass is 847 g/mol. The summed E-state index contributed by atoms with van der Waals surface area (Å²) in [5.74, 6) is -3.11. The molecule has 4 atom stereocenters. The number of fused-ring (bicyclic) bond motifs is 5. The van der Waals surface area contributed by atoms with E-state index in [1.54, 1.807) is 54.5 Å².